The average molecular weight is 388 g/mol. The Hall–Kier alpha value is -3.18. The number of aromatic nitrogens is 4. The molecule has 3 N–H and O–H groups in total. The van der Waals surface area contributed by atoms with E-state index in [1.54, 1.807) is 6.20 Å². The smallest absolute Gasteiger partial charge is 0.153 e. The second-order valence-corrected chi connectivity index (χ2v) is 8.03. The fourth-order valence-corrected chi connectivity index (χ4v) is 4.73. The van der Waals surface area contributed by atoms with E-state index in [9.17, 15) is 0 Å². The lowest BCUT2D eigenvalue weighted by molar-refractivity contribution is 0.210. The van der Waals surface area contributed by atoms with Gasteiger partial charge in [0.2, 0.25) is 0 Å². The zero-order valence-electron chi connectivity index (χ0n) is 16.4. The highest BCUT2D eigenvalue weighted by atomic mass is 15.2. The molecule has 3 atom stereocenters. The molecule has 4 heterocycles. The molecule has 3 aromatic rings. The number of pyridine rings is 2. The predicted octanol–water partition coefficient (Wildman–Crippen LogP) is 3.19. The first-order valence-corrected chi connectivity index (χ1v) is 10.1. The Kier molecular flexibility index (Phi) is 4.52. The molecule has 1 saturated heterocycles. The fourth-order valence-electron chi connectivity index (χ4n) is 4.73. The summed E-state index contributed by atoms with van der Waals surface area (Å²) in [5.41, 5.74) is 1.89. The highest BCUT2D eigenvalue weighted by molar-refractivity contribution is 5.91. The van der Waals surface area contributed by atoms with E-state index in [1.807, 2.05) is 25.1 Å². The molecule has 0 radical (unpaired) electrons. The van der Waals surface area contributed by atoms with Gasteiger partial charge in [-0.25, -0.2) is 4.98 Å². The molecule has 2 fully saturated rings. The molecule has 8 nitrogen and oxygen atoms in total. The van der Waals surface area contributed by atoms with E-state index < -0.39 is 0 Å². The van der Waals surface area contributed by atoms with Gasteiger partial charge in [-0.15, -0.1) is 0 Å². The van der Waals surface area contributed by atoms with Crippen molar-refractivity contribution in [3.05, 3.63) is 36.2 Å². The van der Waals surface area contributed by atoms with Crippen LogP contribution in [-0.4, -0.2) is 50.2 Å². The summed E-state index contributed by atoms with van der Waals surface area (Å²) in [6.45, 7) is 3.91. The molecule has 0 amide bonds. The van der Waals surface area contributed by atoms with E-state index in [-0.39, 0.29) is 0 Å². The number of hydrogen-bond donors (Lipinski definition) is 3. The largest absolute Gasteiger partial charge is 0.366 e. The molecule has 5 rings (SSSR count). The summed E-state index contributed by atoms with van der Waals surface area (Å²) in [6, 6.07) is 11.1. The third kappa shape index (κ3) is 3.49. The molecule has 1 saturated carbocycles. The Morgan fingerprint density at radius 3 is 3.00 bits per heavy atom. The van der Waals surface area contributed by atoms with Crippen molar-refractivity contribution in [1.29, 1.82) is 5.26 Å². The summed E-state index contributed by atoms with van der Waals surface area (Å²) < 4.78 is 0. The standard InChI is InChI=1S/C21H24N8/c1-13-8-20(28-27-13)25-19-11-18-16(4-2-6-23-18)21(26-19)24-17-10-15-9-14(17)12-29(15)7-3-5-22/h2,4,6,8,11,14-15,17H,3,7,9-10,12H2,1H3,(H3,24,25,26,27,28)/t14-,15-,17-/m0/s1. The topological polar surface area (TPSA) is 106 Å². The molecule has 8 heteroatoms. The summed E-state index contributed by atoms with van der Waals surface area (Å²) in [5, 5.41) is 24.1. The lowest BCUT2D eigenvalue weighted by atomic mass is 10.0. The van der Waals surface area contributed by atoms with Crippen LogP contribution in [-0.2, 0) is 0 Å². The van der Waals surface area contributed by atoms with Crippen LogP contribution < -0.4 is 10.6 Å². The highest BCUT2D eigenvalue weighted by Gasteiger charge is 2.44. The molecule has 1 aliphatic carbocycles. The Bertz CT molecular complexity index is 1070. The van der Waals surface area contributed by atoms with Gasteiger partial charge in [-0.2, -0.15) is 10.4 Å². The first kappa shape index (κ1) is 17.9. The average Bonchev–Trinajstić information content (AvgIpc) is 3.42. The number of piperidine rings is 1. The lowest BCUT2D eigenvalue weighted by Gasteiger charge is -2.31. The van der Waals surface area contributed by atoms with Crippen LogP contribution in [0.4, 0.5) is 17.5 Å². The molecule has 0 spiro atoms. The number of anilines is 3. The van der Waals surface area contributed by atoms with E-state index in [4.69, 9.17) is 10.2 Å². The van der Waals surface area contributed by atoms with Crippen LogP contribution >= 0.6 is 0 Å². The monoisotopic (exact) mass is 388 g/mol. The fraction of sp³-hybridized carbons (Fsp3) is 0.429. The van der Waals surface area contributed by atoms with Gasteiger partial charge in [-0.1, -0.05) is 0 Å². The van der Waals surface area contributed by atoms with Gasteiger partial charge in [0, 0.05) is 61.0 Å². The van der Waals surface area contributed by atoms with Crippen LogP contribution in [0.15, 0.2) is 30.5 Å². The second kappa shape index (κ2) is 7.33. The van der Waals surface area contributed by atoms with Crippen molar-refractivity contribution in [3.63, 3.8) is 0 Å². The van der Waals surface area contributed by atoms with Crippen molar-refractivity contribution >= 4 is 28.4 Å². The van der Waals surface area contributed by atoms with Gasteiger partial charge in [0.1, 0.15) is 11.6 Å². The Morgan fingerprint density at radius 1 is 1.31 bits per heavy atom. The van der Waals surface area contributed by atoms with Gasteiger partial charge in [-0.05, 0) is 37.8 Å². The third-order valence-electron chi connectivity index (χ3n) is 6.05. The Labute approximate surface area is 169 Å². The minimum absolute atomic E-state index is 0.400. The lowest BCUT2D eigenvalue weighted by Crippen LogP contribution is -2.41. The summed E-state index contributed by atoms with van der Waals surface area (Å²) in [6.07, 6.45) is 4.71. The summed E-state index contributed by atoms with van der Waals surface area (Å²) in [4.78, 5) is 11.8. The zero-order chi connectivity index (χ0) is 19.8. The predicted molar refractivity (Wildman–Crippen MR) is 112 cm³/mol. The highest BCUT2D eigenvalue weighted by Crippen LogP contribution is 2.40. The molecular weight excluding hydrogens is 364 g/mol. The van der Waals surface area contributed by atoms with Gasteiger partial charge in [0.15, 0.2) is 5.82 Å². The van der Waals surface area contributed by atoms with Crippen molar-refractivity contribution in [2.24, 2.45) is 5.92 Å². The normalized spacial score (nSPS) is 23.4. The van der Waals surface area contributed by atoms with Crippen LogP contribution in [0.5, 0.6) is 0 Å². The number of nitrogens with one attached hydrogen (secondary N) is 3. The van der Waals surface area contributed by atoms with E-state index in [0.29, 0.717) is 24.4 Å². The molecule has 29 heavy (non-hydrogen) atoms. The number of rotatable bonds is 6. The number of likely N-dealkylation sites (tertiary alicyclic amines) is 1. The minimum atomic E-state index is 0.400. The van der Waals surface area contributed by atoms with Crippen molar-refractivity contribution in [1.82, 2.24) is 25.1 Å². The van der Waals surface area contributed by atoms with E-state index in [0.717, 1.165) is 53.6 Å². The van der Waals surface area contributed by atoms with Gasteiger partial charge >= 0.3 is 0 Å². The van der Waals surface area contributed by atoms with Crippen molar-refractivity contribution < 1.29 is 0 Å². The zero-order valence-corrected chi connectivity index (χ0v) is 16.4. The number of H-pyrrole nitrogens is 1. The second-order valence-electron chi connectivity index (χ2n) is 8.03. The number of nitriles is 1. The molecule has 1 aliphatic heterocycles. The number of aryl methyl sites for hydroxylation is 1. The molecule has 0 unspecified atom stereocenters. The van der Waals surface area contributed by atoms with Gasteiger partial charge < -0.3 is 10.6 Å². The number of nitrogens with zero attached hydrogens (tertiary/aromatic N) is 5. The maximum absolute atomic E-state index is 8.86. The SMILES string of the molecule is Cc1cc(Nc2cc3ncccc3c(N[C@H]3C[C@@H]4C[C@H]3CN4CCC#N)n2)n[nH]1. The molecular formula is C21H24N8. The van der Waals surface area contributed by atoms with E-state index in [1.165, 1.54) is 6.42 Å². The van der Waals surface area contributed by atoms with Gasteiger partial charge in [-0.3, -0.25) is 15.0 Å². The minimum Gasteiger partial charge on any atom is -0.366 e. The quantitative estimate of drug-likeness (QED) is 0.595. The molecule has 2 bridgehead atoms. The first-order chi connectivity index (χ1) is 14.2. The van der Waals surface area contributed by atoms with Crippen LogP contribution in [0.25, 0.3) is 10.9 Å². The van der Waals surface area contributed by atoms with Crippen molar-refractivity contribution in [2.75, 3.05) is 23.7 Å². The Balaban J connectivity index is 1.38. The summed E-state index contributed by atoms with van der Waals surface area (Å²) in [5.74, 6) is 2.93. The Morgan fingerprint density at radius 2 is 2.24 bits per heavy atom. The first-order valence-electron chi connectivity index (χ1n) is 10.1. The maximum atomic E-state index is 8.86. The number of fused-ring (bicyclic) bond motifs is 3. The number of hydrogen-bond acceptors (Lipinski definition) is 7. The maximum Gasteiger partial charge on any atom is 0.153 e. The molecule has 0 aromatic carbocycles. The molecule has 148 valence electrons. The van der Waals surface area contributed by atoms with E-state index >= 15 is 0 Å². The molecule has 3 aromatic heterocycles. The van der Waals surface area contributed by atoms with Crippen molar-refractivity contribution in [3.8, 4) is 6.07 Å². The summed E-state index contributed by atoms with van der Waals surface area (Å²) >= 11 is 0. The van der Waals surface area contributed by atoms with Gasteiger partial charge in [0.05, 0.1) is 11.6 Å². The van der Waals surface area contributed by atoms with Crippen LogP contribution in [0, 0.1) is 24.2 Å². The van der Waals surface area contributed by atoms with Crippen LogP contribution in [0.1, 0.15) is 25.0 Å². The van der Waals surface area contributed by atoms with Gasteiger partial charge in [0.25, 0.3) is 0 Å². The van der Waals surface area contributed by atoms with Crippen molar-refractivity contribution in [2.45, 2.75) is 38.3 Å². The van der Waals surface area contributed by atoms with E-state index in [2.05, 4.69) is 42.9 Å². The summed E-state index contributed by atoms with van der Waals surface area (Å²) in [7, 11) is 0. The molecule has 2 aliphatic rings. The van der Waals surface area contributed by atoms with Crippen LogP contribution in [0.3, 0.4) is 0 Å². The van der Waals surface area contributed by atoms with Crippen LogP contribution in [0.2, 0.25) is 0 Å². The third-order valence-corrected chi connectivity index (χ3v) is 6.05. The number of aromatic amines is 1.